The molecule has 0 saturated carbocycles. The molecule has 1 aliphatic heterocycles. The predicted octanol–water partition coefficient (Wildman–Crippen LogP) is 2.39. The van der Waals surface area contributed by atoms with Crippen molar-refractivity contribution in [3.8, 4) is 0 Å². The summed E-state index contributed by atoms with van der Waals surface area (Å²) < 4.78 is 1.78. The van der Waals surface area contributed by atoms with Crippen LogP contribution in [0.1, 0.15) is 29.3 Å². The Labute approximate surface area is 140 Å². The minimum atomic E-state index is 0.0321. The van der Waals surface area contributed by atoms with Gasteiger partial charge in [0.15, 0.2) is 5.82 Å². The molecule has 6 heteroatoms. The summed E-state index contributed by atoms with van der Waals surface area (Å²) in [6, 6.07) is 8.12. The van der Waals surface area contributed by atoms with Crippen LogP contribution in [0.15, 0.2) is 36.7 Å². The molecule has 3 aromatic rings. The van der Waals surface area contributed by atoms with E-state index in [4.69, 9.17) is 0 Å². The number of fused-ring (bicyclic) bond motifs is 1. The molecule has 1 aromatic carbocycles. The Hall–Kier alpha value is -2.63. The largest absolute Gasteiger partial charge is 0.342 e. The van der Waals surface area contributed by atoms with Gasteiger partial charge in [0.1, 0.15) is 5.82 Å². The molecular weight excluding hydrogens is 302 g/mol. The van der Waals surface area contributed by atoms with Crippen molar-refractivity contribution in [3.63, 3.8) is 0 Å². The van der Waals surface area contributed by atoms with Crippen molar-refractivity contribution in [1.29, 1.82) is 0 Å². The van der Waals surface area contributed by atoms with Crippen LogP contribution >= 0.6 is 0 Å². The quantitative estimate of drug-likeness (QED) is 0.805. The third kappa shape index (κ3) is 2.79. The van der Waals surface area contributed by atoms with Crippen molar-refractivity contribution in [2.24, 2.45) is 13.0 Å². The van der Waals surface area contributed by atoms with Crippen molar-refractivity contribution in [3.05, 3.63) is 48.3 Å². The van der Waals surface area contributed by atoms with Crippen LogP contribution in [-0.2, 0) is 13.5 Å². The highest BCUT2D eigenvalue weighted by molar-refractivity contribution is 5.90. The predicted molar refractivity (Wildman–Crippen MR) is 91.6 cm³/mol. The molecule has 1 amide bonds. The fourth-order valence-electron chi connectivity index (χ4n) is 3.43. The van der Waals surface area contributed by atoms with Crippen LogP contribution in [0.25, 0.3) is 11.0 Å². The average molecular weight is 323 g/mol. The number of piperidine rings is 1. The number of carbonyl (C=O) groups excluding carboxylic acids is 1. The molecule has 24 heavy (non-hydrogen) atoms. The minimum absolute atomic E-state index is 0.0321. The van der Waals surface area contributed by atoms with Gasteiger partial charge in [0.2, 0.25) is 0 Å². The van der Waals surface area contributed by atoms with E-state index in [1.165, 1.54) is 0 Å². The molecule has 3 heterocycles. The highest BCUT2D eigenvalue weighted by atomic mass is 16.2. The number of rotatable bonds is 3. The fraction of sp³-hybridized carbons (Fsp3) is 0.389. The number of carbonyl (C=O) groups is 1. The molecule has 1 aliphatic rings. The smallest absolute Gasteiger partial charge is 0.289 e. The topological polar surface area (TPSA) is 66.8 Å². The number of aromatic amines is 1. The fourth-order valence-corrected chi connectivity index (χ4v) is 3.43. The summed E-state index contributed by atoms with van der Waals surface area (Å²) in [5.41, 5.74) is 2.12. The number of imidazole rings is 2. The maximum absolute atomic E-state index is 12.5. The molecule has 0 bridgehead atoms. The summed E-state index contributed by atoms with van der Waals surface area (Å²) in [5.74, 6) is 2.16. The van der Waals surface area contributed by atoms with Crippen molar-refractivity contribution in [2.45, 2.75) is 19.3 Å². The second-order valence-corrected chi connectivity index (χ2v) is 6.50. The standard InChI is InChI=1S/C18H21N5O/c1-22-11-8-19-17(22)18(24)23-9-6-13(7-10-23)12-16-20-14-4-2-3-5-15(14)21-16/h2-5,8,11,13H,6-7,9-10,12H2,1H3,(H,20,21). The molecule has 0 aliphatic carbocycles. The highest BCUT2D eigenvalue weighted by Gasteiger charge is 2.26. The SMILES string of the molecule is Cn1ccnc1C(=O)N1CCC(Cc2nc3ccccc3[nH]2)CC1. The van der Waals surface area contributed by atoms with Gasteiger partial charge in [-0.15, -0.1) is 0 Å². The van der Waals surface area contributed by atoms with Gasteiger partial charge in [0.05, 0.1) is 11.0 Å². The number of aromatic nitrogens is 4. The summed E-state index contributed by atoms with van der Waals surface area (Å²) >= 11 is 0. The molecule has 0 radical (unpaired) electrons. The number of benzene rings is 1. The molecular formula is C18H21N5O. The number of likely N-dealkylation sites (tertiary alicyclic amines) is 1. The van der Waals surface area contributed by atoms with E-state index < -0.39 is 0 Å². The lowest BCUT2D eigenvalue weighted by Gasteiger charge is -2.31. The number of para-hydroxylation sites is 2. The average Bonchev–Trinajstić information content (AvgIpc) is 3.20. The van der Waals surface area contributed by atoms with Crippen LogP contribution in [0.2, 0.25) is 0 Å². The van der Waals surface area contributed by atoms with E-state index >= 15 is 0 Å². The molecule has 2 aromatic heterocycles. The second-order valence-electron chi connectivity index (χ2n) is 6.50. The Morgan fingerprint density at radius 2 is 2.08 bits per heavy atom. The van der Waals surface area contributed by atoms with Crippen LogP contribution in [0.5, 0.6) is 0 Å². The summed E-state index contributed by atoms with van der Waals surface area (Å²) in [6.45, 7) is 1.58. The van der Waals surface area contributed by atoms with E-state index in [9.17, 15) is 4.79 Å². The van der Waals surface area contributed by atoms with Crippen LogP contribution in [0.4, 0.5) is 0 Å². The maximum atomic E-state index is 12.5. The van der Waals surface area contributed by atoms with Gasteiger partial charge in [-0.05, 0) is 30.9 Å². The number of hydrogen-bond acceptors (Lipinski definition) is 3. The first-order valence-electron chi connectivity index (χ1n) is 8.41. The van der Waals surface area contributed by atoms with Crippen molar-refractivity contribution < 1.29 is 4.79 Å². The summed E-state index contributed by atoms with van der Waals surface area (Å²) in [5, 5.41) is 0. The second kappa shape index (κ2) is 6.11. The number of aryl methyl sites for hydroxylation is 1. The Balaban J connectivity index is 1.37. The monoisotopic (exact) mass is 323 g/mol. The van der Waals surface area contributed by atoms with Crippen LogP contribution in [0.3, 0.4) is 0 Å². The Morgan fingerprint density at radius 1 is 1.29 bits per heavy atom. The van der Waals surface area contributed by atoms with Gasteiger partial charge < -0.3 is 14.5 Å². The lowest BCUT2D eigenvalue weighted by molar-refractivity contribution is 0.0674. The van der Waals surface area contributed by atoms with Crippen LogP contribution in [-0.4, -0.2) is 43.4 Å². The lowest BCUT2D eigenvalue weighted by Crippen LogP contribution is -2.40. The van der Waals surface area contributed by atoms with Crippen LogP contribution in [0, 0.1) is 5.92 Å². The van der Waals surface area contributed by atoms with Gasteiger partial charge in [-0.25, -0.2) is 9.97 Å². The van der Waals surface area contributed by atoms with Crippen molar-refractivity contribution in [2.75, 3.05) is 13.1 Å². The molecule has 0 spiro atoms. The van der Waals surface area contributed by atoms with Crippen molar-refractivity contribution in [1.82, 2.24) is 24.4 Å². The van der Waals surface area contributed by atoms with E-state index in [1.807, 2.05) is 36.3 Å². The van der Waals surface area contributed by atoms with E-state index in [2.05, 4.69) is 21.0 Å². The van der Waals surface area contributed by atoms with E-state index in [0.29, 0.717) is 11.7 Å². The molecule has 6 nitrogen and oxygen atoms in total. The number of H-pyrrole nitrogens is 1. The Morgan fingerprint density at radius 3 is 2.79 bits per heavy atom. The summed E-state index contributed by atoms with van der Waals surface area (Å²) in [7, 11) is 1.86. The van der Waals surface area contributed by atoms with Gasteiger partial charge in [0.25, 0.3) is 5.91 Å². The van der Waals surface area contributed by atoms with E-state index in [-0.39, 0.29) is 5.91 Å². The molecule has 4 rings (SSSR count). The summed E-state index contributed by atoms with van der Waals surface area (Å²) in [4.78, 5) is 26.6. The first-order valence-corrected chi connectivity index (χ1v) is 8.41. The van der Waals surface area contributed by atoms with Gasteiger partial charge in [-0.2, -0.15) is 0 Å². The van der Waals surface area contributed by atoms with E-state index in [1.54, 1.807) is 10.8 Å². The van der Waals surface area contributed by atoms with Crippen LogP contribution < -0.4 is 0 Å². The molecule has 124 valence electrons. The third-order valence-electron chi connectivity index (χ3n) is 4.83. The van der Waals surface area contributed by atoms with Gasteiger partial charge >= 0.3 is 0 Å². The first-order chi connectivity index (χ1) is 11.7. The summed E-state index contributed by atoms with van der Waals surface area (Å²) in [6.07, 6.45) is 6.43. The van der Waals surface area contributed by atoms with Gasteiger partial charge in [-0.3, -0.25) is 4.79 Å². The number of nitrogens with zero attached hydrogens (tertiary/aromatic N) is 4. The zero-order valence-electron chi connectivity index (χ0n) is 13.8. The molecule has 1 saturated heterocycles. The highest BCUT2D eigenvalue weighted by Crippen LogP contribution is 2.23. The minimum Gasteiger partial charge on any atom is -0.342 e. The number of nitrogens with one attached hydrogen (secondary N) is 1. The van der Waals surface area contributed by atoms with E-state index in [0.717, 1.165) is 49.2 Å². The Bertz CT molecular complexity index is 824. The molecule has 1 fully saturated rings. The lowest BCUT2D eigenvalue weighted by atomic mass is 9.93. The molecule has 0 unspecified atom stereocenters. The van der Waals surface area contributed by atoms with Gasteiger partial charge in [0, 0.05) is 39.0 Å². The number of amides is 1. The molecule has 1 N–H and O–H groups in total. The third-order valence-corrected chi connectivity index (χ3v) is 4.83. The normalized spacial score (nSPS) is 16.0. The maximum Gasteiger partial charge on any atom is 0.289 e. The van der Waals surface area contributed by atoms with Crippen molar-refractivity contribution >= 4 is 16.9 Å². The zero-order chi connectivity index (χ0) is 16.5. The molecule has 0 atom stereocenters. The van der Waals surface area contributed by atoms with Gasteiger partial charge in [-0.1, -0.05) is 12.1 Å². The first kappa shape index (κ1) is 14.9. The number of hydrogen-bond donors (Lipinski definition) is 1. The zero-order valence-corrected chi connectivity index (χ0v) is 13.8. The Kier molecular flexibility index (Phi) is 3.80.